The average molecular weight is 253 g/mol. The minimum absolute atomic E-state index is 0.227. The lowest BCUT2D eigenvalue weighted by molar-refractivity contribution is 0.556. The topological polar surface area (TPSA) is 63.2 Å². The van der Waals surface area contributed by atoms with Gasteiger partial charge in [0.25, 0.3) is 0 Å². The summed E-state index contributed by atoms with van der Waals surface area (Å²) in [5.41, 5.74) is 1.00. The van der Waals surface area contributed by atoms with Gasteiger partial charge in [0, 0.05) is 12.1 Å². The van der Waals surface area contributed by atoms with E-state index < -0.39 is 10.0 Å². The molecule has 0 radical (unpaired) electrons. The van der Waals surface area contributed by atoms with E-state index >= 15 is 0 Å². The van der Waals surface area contributed by atoms with Crippen LogP contribution in [0.3, 0.4) is 0 Å². The SMILES string of the molecule is Cc1ccc(S(=O)(=O)NC(C)CC=C=O)cc1. The molecule has 1 unspecified atom stereocenters. The molecule has 92 valence electrons. The molecule has 0 aliphatic rings. The highest BCUT2D eigenvalue weighted by molar-refractivity contribution is 7.89. The first kappa shape index (κ1) is 13.6. The fraction of sp³-hybridized carbons (Fsp3) is 0.333. The Morgan fingerprint density at radius 1 is 1.35 bits per heavy atom. The van der Waals surface area contributed by atoms with E-state index in [1.54, 1.807) is 37.1 Å². The van der Waals surface area contributed by atoms with Gasteiger partial charge in [-0.25, -0.2) is 17.9 Å². The molecular formula is C12H15NO3S. The van der Waals surface area contributed by atoms with Crippen molar-refractivity contribution < 1.29 is 13.2 Å². The zero-order valence-electron chi connectivity index (χ0n) is 9.80. The third-order valence-electron chi connectivity index (χ3n) is 2.24. The quantitative estimate of drug-likeness (QED) is 0.808. The van der Waals surface area contributed by atoms with E-state index in [4.69, 9.17) is 0 Å². The third kappa shape index (κ3) is 4.15. The van der Waals surface area contributed by atoms with Crippen LogP contribution < -0.4 is 4.72 Å². The highest BCUT2D eigenvalue weighted by atomic mass is 32.2. The van der Waals surface area contributed by atoms with Gasteiger partial charge in [-0.1, -0.05) is 17.7 Å². The molecule has 0 fully saturated rings. The summed E-state index contributed by atoms with van der Waals surface area (Å²) in [6.45, 7) is 3.58. The van der Waals surface area contributed by atoms with Gasteiger partial charge in [0.05, 0.1) is 4.90 Å². The minimum atomic E-state index is -3.51. The van der Waals surface area contributed by atoms with Crippen LogP contribution in [0.1, 0.15) is 18.9 Å². The molecule has 17 heavy (non-hydrogen) atoms. The summed E-state index contributed by atoms with van der Waals surface area (Å²) >= 11 is 0. The van der Waals surface area contributed by atoms with E-state index in [-0.39, 0.29) is 10.9 Å². The van der Waals surface area contributed by atoms with E-state index in [1.165, 1.54) is 6.08 Å². The molecule has 0 saturated heterocycles. The van der Waals surface area contributed by atoms with Crippen LogP contribution in [0.5, 0.6) is 0 Å². The number of rotatable bonds is 5. The zero-order valence-corrected chi connectivity index (χ0v) is 10.6. The van der Waals surface area contributed by atoms with Crippen molar-refractivity contribution in [3.05, 3.63) is 35.9 Å². The van der Waals surface area contributed by atoms with E-state index in [9.17, 15) is 13.2 Å². The first-order valence-electron chi connectivity index (χ1n) is 5.24. The highest BCUT2D eigenvalue weighted by Crippen LogP contribution is 2.10. The molecule has 1 aromatic carbocycles. The molecule has 0 aromatic heterocycles. The summed E-state index contributed by atoms with van der Waals surface area (Å²) < 4.78 is 26.3. The Bertz CT molecular complexity index is 513. The van der Waals surface area contributed by atoms with Crippen LogP contribution in [0, 0.1) is 6.92 Å². The van der Waals surface area contributed by atoms with Crippen LogP contribution in [0.15, 0.2) is 35.2 Å². The lowest BCUT2D eigenvalue weighted by Crippen LogP contribution is -2.32. The van der Waals surface area contributed by atoms with E-state index in [0.717, 1.165) is 5.56 Å². The van der Waals surface area contributed by atoms with Crippen LogP contribution in [0.2, 0.25) is 0 Å². The number of nitrogens with one attached hydrogen (secondary N) is 1. The number of carbonyl (C=O) groups excluding carboxylic acids is 1. The van der Waals surface area contributed by atoms with Gasteiger partial charge < -0.3 is 0 Å². The van der Waals surface area contributed by atoms with Gasteiger partial charge in [0.2, 0.25) is 10.0 Å². The van der Waals surface area contributed by atoms with E-state index in [2.05, 4.69) is 4.72 Å². The summed E-state index contributed by atoms with van der Waals surface area (Å²) in [5.74, 6) is 1.62. The molecule has 0 amide bonds. The van der Waals surface area contributed by atoms with Crippen molar-refractivity contribution in [3.63, 3.8) is 0 Å². The fourth-order valence-electron chi connectivity index (χ4n) is 1.32. The van der Waals surface area contributed by atoms with Crippen molar-refractivity contribution in [1.29, 1.82) is 0 Å². The second-order valence-corrected chi connectivity index (χ2v) is 5.61. The van der Waals surface area contributed by atoms with Crippen molar-refractivity contribution in [2.75, 3.05) is 0 Å². The lowest BCUT2D eigenvalue weighted by atomic mass is 10.2. The fourth-order valence-corrected chi connectivity index (χ4v) is 2.58. The third-order valence-corrected chi connectivity index (χ3v) is 3.85. The van der Waals surface area contributed by atoms with Crippen molar-refractivity contribution in [1.82, 2.24) is 4.72 Å². The smallest absolute Gasteiger partial charge is 0.234 e. The molecule has 1 aromatic rings. The molecule has 1 atom stereocenters. The zero-order chi connectivity index (χ0) is 12.9. The molecule has 5 heteroatoms. The second kappa shape index (κ2) is 5.77. The molecule has 0 bridgehead atoms. The number of hydrogen-bond donors (Lipinski definition) is 1. The summed E-state index contributed by atoms with van der Waals surface area (Å²) in [4.78, 5) is 10.3. The Kier molecular flexibility index (Phi) is 4.63. The molecule has 1 rings (SSSR count). The second-order valence-electron chi connectivity index (χ2n) is 3.89. The van der Waals surface area contributed by atoms with Gasteiger partial charge >= 0.3 is 0 Å². The van der Waals surface area contributed by atoms with Gasteiger partial charge in [-0.15, -0.1) is 0 Å². The maximum atomic E-state index is 11.9. The van der Waals surface area contributed by atoms with Crippen LogP contribution in [-0.2, 0) is 14.8 Å². The van der Waals surface area contributed by atoms with Crippen LogP contribution in [0.4, 0.5) is 0 Å². The predicted octanol–water partition coefficient (Wildman–Crippen LogP) is 1.44. The summed E-state index contributed by atoms with van der Waals surface area (Å²) in [6, 6.07) is 6.26. The van der Waals surface area contributed by atoms with Gasteiger partial charge in [0.15, 0.2) is 0 Å². The number of sulfonamides is 1. The Morgan fingerprint density at radius 3 is 2.47 bits per heavy atom. The van der Waals surface area contributed by atoms with Gasteiger partial charge in [0.1, 0.15) is 5.94 Å². The van der Waals surface area contributed by atoms with E-state index in [0.29, 0.717) is 6.42 Å². The van der Waals surface area contributed by atoms with Crippen molar-refractivity contribution >= 4 is 16.0 Å². The van der Waals surface area contributed by atoms with Crippen molar-refractivity contribution in [3.8, 4) is 0 Å². The molecule has 4 nitrogen and oxygen atoms in total. The lowest BCUT2D eigenvalue weighted by Gasteiger charge is -2.11. The van der Waals surface area contributed by atoms with Gasteiger partial charge in [-0.3, -0.25) is 0 Å². The molecule has 0 heterocycles. The maximum Gasteiger partial charge on any atom is 0.240 e. The molecule has 0 aliphatic carbocycles. The first-order chi connectivity index (χ1) is 7.95. The highest BCUT2D eigenvalue weighted by Gasteiger charge is 2.16. The summed E-state index contributed by atoms with van der Waals surface area (Å²) in [6.07, 6.45) is 1.59. The molecule has 0 spiro atoms. The number of benzene rings is 1. The number of aryl methyl sites for hydroxylation is 1. The van der Waals surface area contributed by atoms with Crippen LogP contribution in [0.25, 0.3) is 0 Å². The molecule has 0 saturated carbocycles. The normalized spacial score (nSPS) is 12.8. The Morgan fingerprint density at radius 2 is 1.94 bits per heavy atom. The summed E-state index contributed by atoms with van der Waals surface area (Å²) in [5, 5.41) is 0. The van der Waals surface area contributed by atoms with Gasteiger partial charge in [-0.05, 0) is 32.4 Å². The number of hydrogen-bond acceptors (Lipinski definition) is 3. The first-order valence-corrected chi connectivity index (χ1v) is 6.72. The van der Waals surface area contributed by atoms with Crippen molar-refractivity contribution in [2.45, 2.75) is 31.2 Å². The van der Waals surface area contributed by atoms with Crippen LogP contribution >= 0.6 is 0 Å². The van der Waals surface area contributed by atoms with E-state index in [1.807, 2.05) is 6.92 Å². The van der Waals surface area contributed by atoms with Crippen molar-refractivity contribution in [2.24, 2.45) is 0 Å². The summed E-state index contributed by atoms with van der Waals surface area (Å²) in [7, 11) is -3.51. The average Bonchev–Trinajstić information content (AvgIpc) is 2.26. The maximum absolute atomic E-state index is 11.9. The largest absolute Gasteiger partial charge is 0.240 e. The standard InChI is InChI=1S/C12H15NO3S/c1-10-5-7-12(8-6-10)17(15,16)13-11(2)4-3-9-14/h3,5-8,11,13H,4H2,1-2H3. The Hall–Kier alpha value is -1.42. The minimum Gasteiger partial charge on any atom is -0.234 e. The predicted molar refractivity (Wildman–Crippen MR) is 65.8 cm³/mol. The Balaban J connectivity index is 2.81. The monoisotopic (exact) mass is 253 g/mol. The molecule has 1 N–H and O–H groups in total. The molecular weight excluding hydrogens is 238 g/mol. The van der Waals surface area contributed by atoms with Gasteiger partial charge in [-0.2, -0.15) is 0 Å². The molecule has 0 aliphatic heterocycles. The van der Waals surface area contributed by atoms with Crippen LogP contribution in [-0.4, -0.2) is 20.4 Å². The Labute approximate surface area is 101 Å².